The monoisotopic (exact) mass is 364 g/mol. The van der Waals surface area contributed by atoms with E-state index in [1.54, 1.807) is 18.3 Å². The first-order valence-electron chi connectivity index (χ1n) is 8.06. The summed E-state index contributed by atoms with van der Waals surface area (Å²) < 4.78 is 29.2. The number of hydrogen-bond acceptors (Lipinski definition) is 4. The third-order valence-electron chi connectivity index (χ3n) is 4.25. The number of aromatic nitrogens is 1. The standard InChI is InChI=1S/C20H16N2O3S/c21-26(23,24)16-10-8-14(9-11-16)20-17(18-6-3-4-12-22-18)13-15-5-1-2-7-19(15)25-20/h1-12H,13H2,(H2,21,23,24). The summed E-state index contributed by atoms with van der Waals surface area (Å²) in [5, 5.41) is 5.19. The van der Waals surface area contributed by atoms with Gasteiger partial charge < -0.3 is 4.74 Å². The van der Waals surface area contributed by atoms with E-state index in [2.05, 4.69) is 4.98 Å². The number of nitrogens with zero attached hydrogens (tertiary/aromatic N) is 1. The molecule has 0 atom stereocenters. The Labute approximate surface area is 151 Å². The van der Waals surface area contributed by atoms with Crippen molar-refractivity contribution in [3.63, 3.8) is 0 Å². The van der Waals surface area contributed by atoms with Crippen molar-refractivity contribution >= 4 is 21.4 Å². The van der Waals surface area contributed by atoms with Crippen molar-refractivity contribution in [3.8, 4) is 5.75 Å². The second-order valence-electron chi connectivity index (χ2n) is 5.98. The number of sulfonamides is 1. The molecule has 26 heavy (non-hydrogen) atoms. The zero-order valence-electron chi connectivity index (χ0n) is 13.8. The maximum Gasteiger partial charge on any atom is 0.238 e. The molecule has 0 aliphatic carbocycles. The minimum atomic E-state index is -3.73. The Hall–Kier alpha value is -2.96. The summed E-state index contributed by atoms with van der Waals surface area (Å²) in [6, 6.07) is 19.9. The van der Waals surface area contributed by atoms with Crippen LogP contribution in [0, 0.1) is 0 Å². The Morgan fingerprint density at radius 2 is 1.65 bits per heavy atom. The van der Waals surface area contributed by atoms with Gasteiger partial charge >= 0.3 is 0 Å². The number of para-hydroxylation sites is 1. The van der Waals surface area contributed by atoms with Gasteiger partial charge in [0.25, 0.3) is 0 Å². The highest BCUT2D eigenvalue weighted by atomic mass is 32.2. The fraction of sp³-hybridized carbons (Fsp3) is 0.0500. The smallest absolute Gasteiger partial charge is 0.238 e. The zero-order valence-corrected chi connectivity index (χ0v) is 14.6. The van der Waals surface area contributed by atoms with Crippen LogP contribution in [0.25, 0.3) is 11.3 Å². The highest BCUT2D eigenvalue weighted by Crippen LogP contribution is 2.38. The lowest BCUT2D eigenvalue weighted by atomic mass is 9.95. The summed E-state index contributed by atoms with van der Waals surface area (Å²) >= 11 is 0. The van der Waals surface area contributed by atoms with E-state index in [0.717, 1.165) is 28.1 Å². The quantitative estimate of drug-likeness (QED) is 0.773. The van der Waals surface area contributed by atoms with E-state index in [1.165, 1.54) is 12.1 Å². The van der Waals surface area contributed by atoms with Crippen LogP contribution in [0.1, 0.15) is 16.8 Å². The molecular formula is C20H16N2O3S. The Morgan fingerprint density at radius 3 is 2.35 bits per heavy atom. The van der Waals surface area contributed by atoms with Crippen LogP contribution < -0.4 is 9.88 Å². The van der Waals surface area contributed by atoms with Crippen molar-refractivity contribution in [2.45, 2.75) is 11.3 Å². The van der Waals surface area contributed by atoms with Gasteiger partial charge in [0.1, 0.15) is 11.5 Å². The van der Waals surface area contributed by atoms with E-state index in [0.29, 0.717) is 12.2 Å². The molecule has 0 bridgehead atoms. The molecule has 0 amide bonds. The molecule has 2 N–H and O–H groups in total. The highest BCUT2D eigenvalue weighted by Gasteiger charge is 2.23. The van der Waals surface area contributed by atoms with E-state index in [9.17, 15) is 8.42 Å². The Bertz CT molecular complexity index is 1090. The number of rotatable bonds is 3. The van der Waals surface area contributed by atoms with E-state index in [-0.39, 0.29) is 4.90 Å². The SMILES string of the molecule is NS(=O)(=O)c1ccc(C2=C(c3ccccn3)Cc3ccccc3O2)cc1. The average Bonchev–Trinajstić information content (AvgIpc) is 2.67. The number of allylic oxidation sites excluding steroid dienone is 1. The first-order valence-corrected chi connectivity index (χ1v) is 9.60. The molecular weight excluding hydrogens is 348 g/mol. The van der Waals surface area contributed by atoms with Gasteiger partial charge in [-0.05, 0) is 48.0 Å². The van der Waals surface area contributed by atoms with E-state index in [1.807, 2.05) is 42.5 Å². The van der Waals surface area contributed by atoms with Gasteiger partial charge in [-0.15, -0.1) is 0 Å². The minimum Gasteiger partial charge on any atom is -0.456 e. The van der Waals surface area contributed by atoms with Crippen molar-refractivity contribution < 1.29 is 13.2 Å². The normalized spacial score (nSPS) is 13.9. The fourth-order valence-corrected chi connectivity index (χ4v) is 3.48. The third kappa shape index (κ3) is 3.12. The first kappa shape index (κ1) is 16.5. The molecule has 2 aromatic carbocycles. The summed E-state index contributed by atoms with van der Waals surface area (Å²) in [6.45, 7) is 0. The summed E-state index contributed by atoms with van der Waals surface area (Å²) in [5.41, 5.74) is 3.63. The lowest BCUT2D eigenvalue weighted by Gasteiger charge is -2.23. The number of pyridine rings is 1. The van der Waals surface area contributed by atoms with Crippen molar-refractivity contribution in [1.82, 2.24) is 4.98 Å². The molecule has 1 aromatic heterocycles. The van der Waals surface area contributed by atoms with Crippen LogP contribution in [0.3, 0.4) is 0 Å². The molecule has 0 fully saturated rings. The largest absolute Gasteiger partial charge is 0.456 e. The van der Waals surface area contributed by atoms with Crippen LogP contribution in [-0.2, 0) is 16.4 Å². The molecule has 0 unspecified atom stereocenters. The van der Waals surface area contributed by atoms with Gasteiger partial charge in [0.2, 0.25) is 10.0 Å². The lowest BCUT2D eigenvalue weighted by Crippen LogP contribution is -2.13. The lowest BCUT2D eigenvalue weighted by molar-refractivity contribution is 0.502. The molecule has 2 heterocycles. The summed E-state index contributed by atoms with van der Waals surface area (Å²) in [7, 11) is -3.73. The van der Waals surface area contributed by atoms with E-state index >= 15 is 0 Å². The predicted molar refractivity (Wildman–Crippen MR) is 99.6 cm³/mol. The molecule has 3 aromatic rings. The second kappa shape index (κ2) is 6.40. The topological polar surface area (TPSA) is 82.3 Å². The van der Waals surface area contributed by atoms with Crippen molar-refractivity contribution in [2.75, 3.05) is 0 Å². The molecule has 6 heteroatoms. The van der Waals surface area contributed by atoms with Crippen molar-refractivity contribution in [2.24, 2.45) is 5.14 Å². The molecule has 0 saturated carbocycles. The van der Waals surface area contributed by atoms with E-state index < -0.39 is 10.0 Å². The molecule has 130 valence electrons. The molecule has 0 spiro atoms. The van der Waals surface area contributed by atoms with Crippen LogP contribution in [0.15, 0.2) is 77.8 Å². The number of fused-ring (bicyclic) bond motifs is 1. The maximum absolute atomic E-state index is 11.5. The minimum absolute atomic E-state index is 0.0671. The number of hydrogen-bond donors (Lipinski definition) is 1. The maximum atomic E-state index is 11.5. The van der Waals surface area contributed by atoms with Crippen LogP contribution in [0.2, 0.25) is 0 Å². The number of nitrogens with two attached hydrogens (primary N) is 1. The Balaban J connectivity index is 1.85. The zero-order chi connectivity index (χ0) is 18.1. The van der Waals surface area contributed by atoms with E-state index in [4.69, 9.17) is 9.88 Å². The van der Waals surface area contributed by atoms with Gasteiger partial charge in [-0.25, -0.2) is 13.6 Å². The number of primary sulfonamides is 1. The average molecular weight is 364 g/mol. The molecule has 0 saturated heterocycles. The van der Waals surface area contributed by atoms with Crippen molar-refractivity contribution in [3.05, 3.63) is 89.7 Å². The summed E-state index contributed by atoms with van der Waals surface area (Å²) in [4.78, 5) is 4.52. The van der Waals surface area contributed by atoms with Gasteiger partial charge in [-0.1, -0.05) is 24.3 Å². The first-order chi connectivity index (χ1) is 12.5. The molecule has 1 aliphatic rings. The Kier molecular flexibility index (Phi) is 4.06. The van der Waals surface area contributed by atoms with Gasteiger partial charge in [0, 0.05) is 23.8 Å². The fourth-order valence-electron chi connectivity index (χ4n) is 2.97. The second-order valence-corrected chi connectivity index (χ2v) is 7.54. The molecule has 1 aliphatic heterocycles. The van der Waals surface area contributed by atoms with Gasteiger partial charge in [-0.2, -0.15) is 0 Å². The summed E-state index contributed by atoms with van der Waals surface area (Å²) in [6.07, 6.45) is 2.42. The van der Waals surface area contributed by atoms with Crippen molar-refractivity contribution in [1.29, 1.82) is 0 Å². The Morgan fingerprint density at radius 1 is 0.923 bits per heavy atom. The molecule has 4 rings (SSSR count). The molecule has 0 radical (unpaired) electrons. The van der Waals surface area contributed by atoms with Gasteiger partial charge in [0.05, 0.1) is 10.6 Å². The van der Waals surface area contributed by atoms with Crippen LogP contribution in [0.4, 0.5) is 0 Å². The third-order valence-corrected chi connectivity index (χ3v) is 5.17. The predicted octanol–water partition coefficient (Wildman–Crippen LogP) is 3.23. The van der Waals surface area contributed by atoms with Crippen LogP contribution >= 0.6 is 0 Å². The van der Waals surface area contributed by atoms with Crippen LogP contribution in [-0.4, -0.2) is 13.4 Å². The van der Waals surface area contributed by atoms with Gasteiger partial charge in [-0.3, -0.25) is 4.98 Å². The van der Waals surface area contributed by atoms with Crippen LogP contribution in [0.5, 0.6) is 5.75 Å². The molecule has 5 nitrogen and oxygen atoms in total. The highest BCUT2D eigenvalue weighted by molar-refractivity contribution is 7.89. The number of benzene rings is 2. The number of ether oxygens (including phenoxy) is 1. The van der Waals surface area contributed by atoms with Gasteiger partial charge in [0.15, 0.2) is 0 Å². The summed E-state index contributed by atoms with van der Waals surface area (Å²) in [5.74, 6) is 1.46.